The van der Waals surface area contributed by atoms with Crippen molar-refractivity contribution in [3.8, 4) is 0 Å². The minimum atomic E-state index is -0.793. The molecule has 2 aromatic rings. The molecule has 0 bridgehead atoms. The van der Waals surface area contributed by atoms with Gasteiger partial charge < -0.3 is 15.7 Å². The lowest BCUT2D eigenvalue weighted by Crippen LogP contribution is -2.38. The molecule has 0 radical (unpaired) electrons. The van der Waals surface area contributed by atoms with E-state index in [1.54, 1.807) is 54.2 Å². The van der Waals surface area contributed by atoms with Gasteiger partial charge in [-0.3, -0.25) is 0 Å². The molecule has 0 saturated heterocycles. The lowest BCUT2D eigenvalue weighted by molar-refractivity contribution is 0.173. The fraction of sp³-hybridized carbons (Fsp3) is 0.278. The van der Waals surface area contributed by atoms with Gasteiger partial charge in [-0.1, -0.05) is 41.9 Å². The van der Waals surface area contributed by atoms with Crippen molar-refractivity contribution in [1.29, 1.82) is 0 Å². The first kappa shape index (κ1) is 19.6. The zero-order valence-electron chi connectivity index (χ0n) is 13.5. The number of nitrogens with one attached hydrogen (secondary N) is 2. The van der Waals surface area contributed by atoms with Crippen LogP contribution in [0.15, 0.2) is 48.5 Å². The van der Waals surface area contributed by atoms with Gasteiger partial charge in [-0.2, -0.15) is 11.8 Å². The first-order valence-electron chi connectivity index (χ1n) is 7.82. The number of halogens is 2. The summed E-state index contributed by atoms with van der Waals surface area (Å²) in [4.78, 5) is 11.7. The molecule has 0 heterocycles. The highest BCUT2D eigenvalue weighted by Gasteiger charge is 2.09. The van der Waals surface area contributed by atoms with E-state index in [4.69, 9.17) is 11.6 Å². The Morgan fingerprint density at radius 2 is 1.88 bits per heavy atom. The van der Waals surface area contributed by atoms with Crippen LogP contribution in [-0.2, 0) is 5.75 Å². The number of carbonyl (C=O) groups is 1. The molecule has 1 unspecified atom stereocenters. The third-order valence-corrected chi connectivity index (χ3v) is 4.72. The van der Waals surface area contributed by atoms with Crippen LogP contribution in [0, 0.1) is 5.82 Å². The molecule has 7 heteroatoms. The number of aliphatic hydroxyl groups excluding tert-OH is 1. The van der Waals surface area contributed by atoms with Crippen molar-refractivity contribution < 1.29 is 14.3 Å². The number of amides is 2. The number of hydrogen-bond acceptors (Lipinski definition) is 3. The number of hydrogen-bond donors (Lipinski definition) is 3. The van der Waals surface area contributed by atoms with Crippen molar-refractivity contribution in [2.45, 2.75) is 11.9 Å². The molecule has 2 amide bonds. The van der Waals surface area contributed by atoms with E-state index in [-0.39, 0.29) is 18.4 Å². The molecule has 0 spiro atoms. The van der Waals surface area contributed by atoms with Crippen molar-refractivity contribution in [3.05, 3.63) is 70.5 Å². The quantitative estimate of drug-likeness (QED) is 0.609. The molecule has 0 fully saturated rings. The van der Waals surface area contributed by atoms with Gasteiger partial charge in [0.25, 0.3) is 0 Å². The standard InChI is InChI=1S/C18H20ClFN2O2S/c19-15-7-5-13(6-8-15)17(23)11-22-18(24)21-9-10-25-12-14-3-1-2-4-16(14)20/h1-8,17,23H,9-12H2,(H2,21,22,24). The SMILES string of the molecule is O=C(NCCSCc1ccccc1F)NCC(O)c1ccc(Cl)cc1. The molecule has 0 saturated carbocycles. The molecule has 4 nitrogen and oxygen atoms in total. The molecule has 0 aliphatic rings. The highest BCUT2D eigenvalue weighted by molar-refractivity contribution is 7.98. The van der Waals surface area contributed by atoms with Gasteiger partial charge >= 0.3 is 6.03 Å². The van der Waals surface area contributed by atoms with Gasteiger partial charge in [0.15, 0.2) is 0 Å². The fourth-order valence-electron chi connectivity index (χ4n) is 2.09. The van der Waals surface area contributed by atoms with Gasteiger partial charge in [0.05, 0.1) is 6.10 Å². The minimum Gasteiger partial charge on any atom is -0.387 e. The van der Waals surface area contributed by atoms with E-state index in [1.807, 2.05) is 0 Å². The Morgan fingerprint density at radius 3 is 2.60 bits per heavy atom. The first-order chi connectivity index (χ1) is 12.1. The summed E-state index contributed by atoms with van der Waals surface area (Å²) in [7, 11) is 0. The highest BCUT2D eigenvalue weighted by atomic mass is 35.5. The van der Waals surface area contributed by atoms with E-state index >= 15 is 0 Å². The Morgan fingerprint density at radius 1 is 1.16 bits per heavy atom. The molecule has 0 aliphatic heterocycles. The second-order valence-electron chi connectivity index (χ2n) is 5.35. The average Bonchev–Trinajstić information content (AvgIpc) is 2.61. The Hall–Kier alpha value is -1.76. The topological polar surface area (TPSA) is 61.4 Å². The second-order valence-corrected chi connectivity index (χ2v) is 6.89. The Balaban J connectivity index is 1.59. The van der Waals surface area contributed by atoms with Crippen molar-refractivity contribution in [1.82, 2.24) is 10.6 Å². The number of benzene rings is 2. The molecule has 1 atom stereocenters. The van der Waals surface area contributed by atoms with Crippen LogP contribution in [0.5, 0.6) is 0 Å². The molecule has 3 N–H and O–H groups in total. The molecule has 25 heavy (non-hydrogen) atoms. The lowest BCUT2D eigenvalue weighted by Gasteiger charge is -2.13. The smallest absolute Gasteiger partial charge is 0.314 e. The van der Waals surface area contributed by atoms with Crippen molar-refractivity contribution in [2.24, 2.45) is 0 Å². The number of urea groups is 1. The second kappa shape index (κ2) is 10.3. The largest absolute Gasteiger partial charge is 0.387 e. The van der Waals surface area contributed by atoms with Gasteiger partial charge in [0.2, 0.25) is 0 Å². The van der Waals surface area contributed by atoms with Crippen molar-refractivity contribution in [3.63, 3.8) is 0 Å². The van der Waals surface area contributed by atoms with Crippen molar-refractivity contribution >= 4 is 29.4 Å². The lowest BCUT2D eigenvalue weighted by atomic mass is 10.1. The molecular weight excluding hydrogens is 363 g/mol. The van der Waals surface area contributed by atoms with Gasteiger partial charge in [-0.15, -0.1) is 0 Å². The van der Waals surface area contributed by atoms with E-state index in [9.17, 15) is 14.3 Å². The van der Waals surface area contributed by atoms with E-state index in [2.05, 4.69) is 10.6 Å². The maximum atomic E-state index is 13.4. The van der Waals surface area contributed by atoms with E-state index < -0.39 is 6.10 Å². The van der Waals surface area contributed by atoms with Crippen LogP contribution in [0.1, 0.15) is 17.2 Å². The van der Waals surface area contributed by atoms with Gasteiger partial charge in [-0.05, 0) is 29.3 Å². The van der Waals surface area contributed by atoms with Crippen LogP contribution in [0.25, 0.3) is 0 Å². The monoisotopic (exact) mass is 382 g/mol. The number of thioether (sulfide) groups is 1. The summed E-state index contributed by atoms with van der Waals surface area (Å²) in [5.74, 6) is 1.02. The van der Waals surface area contributed by atoms with E-state index in [1.165, 1.54) is 6.07 Å². The molecule has 2 rings (SSSR count). The summed E-state index contributed by atoms with van der Waals surface area (Å²) < 4.78 is 13.4. The highest BCUT2D eigenvalue weighted by Crippen LogP contribution is 2.16. The summed E-state index contributed by atoms with van der Waals surface area (Å²) in [6, 6.07) is 13.1. The van der Waals surface area contributed by atoms with Crippen LogP contribution < -0.4 is 10.6 Å². The first-order valence-corrected chi connectivity index (χ1v) is 9.36. The zero-order chi connectivity index (χ0) is 18.1. The number of aliphatic hydroxyl groups is 1. The van der Waals surface area contributed by atoms with Crippen LogP contribution in [0.3, 0.4) is 0 Å². The van der Waals surface area contributed by atoms with Gasteiger partial charge in [-0.25, -0.2) is 9.18 Å². The summed E-state index contributed by atoms with van der Waals surface area (Å²) in [5.41, 5.74) is 1.34. The van der Waals surface area contributed by atoms with Gasteiger partial charge in [0.1, 0.15) is 5.82 Å². The van der Waals surface area contributed by atoms with Crippen LogP contribution in [-0.4, -0.2) is 30.0 Å². The Bertz CT molecular complexity index is 685. The third kappa shape index (κ3) is 6.94. The Labute approximate surface area is 155 Å². The molecular formula is C18H20ClFN2O2S. The minimum absolute atomic E-state index is 0.107. The van der Waals surface area contributed by atoms with Crippen molar-refractivity contribution in [2.75, 3.05) is 18.8 Å². The molecule has 134 valence electrons. The van der Waals surface area contributed by atoms with Crippen LogP contribution >= 0.6 is 23.4 Å². The third-order valence-electron chi connectivity index (χ3n) is 3.46. The van der Waals surface area contributed by atoms with Crippen LogP contribution in [0.4, 0.5) is 9.18 Å². The Kier molecular flexibility index (Phi) is 8.04. The fourth-order valence-corrected chi connectivity index (χ4v) is 3.06. The van der Waals surface area contributed by atoms with Crippen LogP contribution in [0.2, 0.25) is 5.02 Å². The summed E-state index contributed by atoms with van der Waals surface area (Å²) in [6.45, 7) is 0.567. The normalized spacial score (nSPS) is 11.8. The zero-order valence-corrected chi connectivity index (χ0v) is 15.1. The summed E-state index contributed by atoms with van der Waals surface area (Å²) in [5, 5.41) is 15.9. The average molecular weight is 383 g/mol. The molecule has 2 aromatic carbocycles. The maximum absolute atomic E-state index is 13.4. The summed E-state index contributed by atoms with van der Waals surface area (Å²) >= 11 is 7.33. The number of carbonyl (C=O) groups excluding carboxylic acids is 1. The number of rotatable bonds is 8. The summed E-state index contributed by atoms with van der Waals surface area (Å²) in [6.07, 6.45) is -0.793. The molecule has 0 aliphatic carbocycles. The molecule has 0 aromatic heterocycles. The predicted molar refractivity (Wildman–Crippen MR) is 100 cm³/mol. The predicted octanol–water partition coefficient (Wildman–Crippen LogP) is 3.75. The van der Waals surface area contributed by atoms with Gasteiger partial charge in [0, 0.05) is 29.6 Å². The van der Waals surface area contributed by atoms with E-state index in [0.717, 1.165) is 0 Å². The van der Waals surface area contributed by atoms with E-state index in [0.29, 0.717) is 34.2 Å². The maximum Gasteiger partial charge on any atom is 0.314 e.